The second-order valence-electron chi connectivity index (χ2n) is 2.90. The molecule has 0 unspecified atom stereocenters. The van der Waals surface area contributed by atoms with Crippen molar-refractivity contribution in [3.63, 3.8) is 0 Å². The van der Waals surface area contributed by atoms with Gasteiger partial charge in [-0.1, -0.05) is 15.9 Å². The predicted molar refractivity (Wildman–Crippen MR) is 71.9 cm³/mol. The monoisotopic (exact) mass is 397 g/mol. The maximum atomic E-state index is 5.67. The van der Waals surface area contributed by atoms with Crippen molar-refractivity contribution in [2.24, 2.45) is 0 Å². The summed E-state index contributed by atoms with van der Waals surface area (Å²) in [6, 6.07) is 5.97. The third-order valence-corrected chi connectivity index (χ3v) is 3.56. The first-order valence-corrected chi connectivity index (χ1v) is 6.57. The first kappa shape index (κ1) is 11.4. The Morgan fingerprint density at radius 2 is 2.27 bits per heavy atom. The van der Waals surface area contributed by atoms with E-state index in [9.17, 15) is 0 Å². The summed E-state index contributed by atoms with van der Waals surface area (Å²) < 4.78 is 7.46. The fraction of sp³-hybridized carbons (Fsp3) is 0.100. The average molecular weight is 398 g/mol. The van der Waals surface area contributed by atoms with Crippen molar-refractivity contribution >= 4 is 50.1 Å². The molecule has 2 nitrogen and oxygen atoms in total. The molecule has 0 saturated carbocycles. The Morgan fingerprint density at radius 3 is 2.93 bits per heavy atom. The molecule has 0 radical (unpaired) electrons. The SMILES string of the molecule is ClCc1coc(-c2cc(Br)ccc2I)n1. The minimum atomic E-state index is 0.369. The molecule has 1 aromatic carbocycles. The maximum absolute atomic E-state index is 5.67. The molecule has 2 aromatic rings. The summed E-state index contributed by atoms with van der Waals surface area (Å²) in [6.45, 7) is 0. The molecule has 0 saturated heterocycles. The standard InChI is InChI=1S/C10H6BrClINO/c11-6-1-2-9(13)8(3-6)10-14-7(4-12)5-15-10/h1-3,5H,4H2. The topological polar surface area (TPSA) is 26.0 Å². The number of rotatable bonds is 2. The third-order valence-electron chi connectivity index (χ3n) is 1.85. The number of hydrogen-bond acceptors (Lipinski definition) is 2. The van der Waals surface area contributed by atoms with Crippen LogP contribution >= 0.6 is 50.1 Å². The summed E-state index contributed by atoms with van der Waals surface area (Å²) in [6.07, 6.45) is 1.58. The van der Waals surface area contributed by atoms with Gasteiger partial charge in [-0.2, -0.15) is 0 Å². The Morgan fingerprint density at radius 1 is 1.47 bits per heavy atom. The van der Waals surface area contributed by atoms with E-state index in [0.717, 1.165) is 19.3 Å². The van der Waals surface area contributed by atoms with E-state index in [1.54, 1.807) is 6.26 Å². The van der Waals surface area contributed by atoms with E-state index < -0.39 is 0 Å². The van der Waals surface area contributed by atoms with Gasteiger partial charge in [-0.25, -0.2) is 4.98 Å². The molecular weight excluding hydrogens is 392 g/mol. The number of oxazole rings is 1. The van der Waals surface area contributed by atoms with Crippen LogP contribution in [0.3, 0.4) is 0 Å². The maximum Gasteiger partial charge on any atom is 0.227 e. The molecule has 2 rings (SSSR count). The largest absolute Gasteiger partial charge is 0.444 e. The van der Waals surface area contributed by atoms with Gasteiger partial charge >= 0.3 is 0 Å². The molecule has 0 aliphatic carbocycles. The van der Waals surface area contributed by atoms with Gasteiger partial charge in [-0.3, -0.25) is 0 Å². The highest BCUT2D eigenvalue weighted by molar-refractivity contribution is 14.1. The molecule has 0 fully saturated rings. The van der Waals surface area contributed by atoms with E-state index in [4.69, 9.17) is 16.0 Å². The van der Waals surface area contributed by atoms with Crippen LogP contribution in [0.5, 0.6) is 0 Å². The van der Waals surface area contributed by atoms with Crippen molar-refractivity contribution in [2.75, 3.05) is 0 Å². The van der Waals surface area contributed by atoms with Crippen molar-refractivity contribution in [3.8, 4) is 11.5 Å². The van der Waals surface area contributed by atoms with Crippen molar-refractivity contribution in [3.05, 3.63) is 38.2 Å². The van der Waals surface area contributed by atoms with Gasteiger partial charge in [0.25, 0.3) is 0 Å². The van der Waals surface area contributed by atoms with Crippen LogP contribution in [0.1, 0.15) is 5.69 Å². The molecular formula is C10H6BrClINO. The Labute approximate surface area is 114 Å². The van der Waals surface area contributed by atoms with Crippen molar-refractivity contribution < 1.29 is 4.42 Å². The lowest BCUT2D eigenvalue weighted by atomic mass is 10.2. The van der Waals surface area contributed by atoms with Crippen molar-refractivity contribution in [2.45, 2.75) is 5.88 Å². The van der Waals surface area contributed by atoms with Crippen LogP contribution in [0.2, 0.25) is 0 Å². The van der Waals surface area contributed by atoms with Gasteiger partial charge in [-0.05, 0) is 40.8 Å². The number of nitrogens with zero attached hydrogens (tertiary/aromatic N) is 1. The Hall–Kier alpha value is -0.0700. The number of alkyl halides is 1. The van der Waals surface area contributed by atoms with Crippen LogP contribution in [0.25, 0.3) is 11.5 Å². The molecule has 1 heterocycles. The Balaban J connectivity index is 2.48. The molecule has 1 aromatic heterocycles. The van der Waals surface area contributed by atoms with E-state index >= 15 is 0 Å². The van der Waals surface area contributed by atoms with Crippen LogP contribution in [-0.4, -0.2) is 4.98 Å². The van der Waals surface area contributed by atoms with Gasteiger partial charge in [0.2, 0.25) is 5.89 Å². The Bertz CT molecular complexity index is 486. The predicted octanol–water partition coefficient (Wildman–Crippen LogP) is 4.45. The normalized spacial score (nSPS) is 10.6. The zero-order valence-electron chi connectivity index (χ0n) is 7.51. The summed E-state index contributed by atoms with van der Waals surface area (Å²) in [7, 11) is 0. The van der Waals surface area contributed by atoms with Crippen molar-refractivity contribution in [1.82, 2.24) is 4.98 Å². The second-order valence-corrected chi connectivity index (χ2v) is 5.25. The van der Waals surface area contributed by atoms with Gasteiger partial charge in [0, 0.05) is 8.04 Å². The van der Waals surface area contributed by atoms with Gasteiger partial charge < -0.3 is 4.42 Å². The zero-order valence-corrected chi connectivity index (χ0v) is 12.0. The van der Waals surface area contributed by atoms with E-state index in [-0.39, 0.29) is 0 Å². The fourth-order valence-electron chi connectivity index (χ4n) is 1.15. The molecule has 0 aliphatic rings. The number of aromatic nitrogens is 1. The van der Waals surface area contributed by atoms with Crippen LogP contribution < -0.4 is 0 Å². The minimum Gasteiger partial charge on any atom is -0.444 e. The lowest BCUT2D eigenvalue weighted by molar-refractivity contribution is 0.573. The molecule has 0 aliphatic heterocycles. The number of benzene rings is 1. The molecule has 0 N–H and O–H groups in total. The first-order valence-electron chi connectivity index (χ1n) is 4.16. The van der Waals surface area contributed by atoms with Crippen LogP contribution in [-0.2, 0) is 5.88 Å². The highest BCUT2D eigenvalue weighted by Crippen LogP contribution is 2.27. The van der Waals surface area contributed by atoms with Gasteiger partial charge in [0.1, 0.15) is 6.26 Å². The highest BCUT2D eigenvalue weighted by Gasteiger charge is 2.10. The van der Waals surface area contributed by atoms with Crippen LogP contribution in [0.4, 0.5) is 0 Å². The molecule has 15 heavy (non-hydrogen) atoms. The van der Waals surface area contributed by atoms with Gasteiger partial charge in [-0.15, -0.1) is 11.6 Å². The van der Waals surface area contributed by atoms with Crippen LogP contribution in [0.15, 0.2) is 33.4 Å². The average Bonchev–Trinajstić information content (AvgIpc) is 2.70. The molecule has 0 atom stereocenters. The number of hydrogen-bond donors (Lipinski definition) is 0. The highest BCUT2D eigenvalue weighted by atomic mass is 127. The first-order chi connectivity index (χ1) is 7.20. The fourth-order valence-corrected chi connectivity index (χ4v) is 2.20. The van der Waals surface area contributed by atoms with Gasteiger partial charge in [0.15, 0.2) is 0 Å². The minimum absolute atomic E-state index is 0.369. The summed E-state index contributed by atoms with van der Waals surface area (Å²) in [5, 5.41) is 0. The third kappa shape index (κ3) is 2.54. The lowest BCUT2D eigenvalue weighted by Crippen LogP contribution is -1.84. The Kier molecular flexibility index (Phi) is 3.69. The lowest BCUT2D eigenvalue weighted by Gasteiger charge is -1.99. The van der Waals surface area contributed by atoms with Crippen LogP contribution in [0, 0.1) is 3.57 Å². The van der Waals surface area contributed by atoms with Crippen molar-refractivity contribution in [1.29, 1.82) is 0 Å². The zero-order chi connectivity index (χ0) is 10.8. The molecule has 5 heteroatoms. The quantitative estimate of drug-likeness (QED) is 0.552. The summed E-state index contributed by atoms with van der Waals surface area (Å²) in [5.74, 6) is 0.977. The van der Waals surface area contributed by atoms with E-state index in [2.05, 4.69) is 43.5 Å². The van der Waals surface area contributed by atoms with E-state index in [1.165, 1.54) is 0 Å². The molecule has 78 valence electrons. The smallest absolute Gasteiger partial charge is 0.227 e. The summed E-state index contributed by atoms with van der Waals surface area (Å²) in [5.41, 5.74) is 1.73. The molecule has 0 amide bonds. The van der Waals surface area contributed by atoms with E-state index in [0.29, 0.717) is 11.8 Å². The van der Waals surface area contributed by atoms with Gasteiger partial charge in [0.05, 0.1) is 17.1 Å². The molecule has 0 spiro atoms. The summed E-state index contributed by atoms with van der Waals surface area (Å²) in [4.78, 5) is 4.28. The number of halogens is 3. The van der Waals surface area contributed by atoms with E-state index in [1.807, 2.05) is 18.2 Å². The summed E-state index contributed by atoms with van der Waals surface area (Å²) >= 11 is 11.3. The second kappa shape index (κ2) is 4.84. The molecule has 0 bridgehead atoms.